The van der Waals surface area contributed by atoms with Crippen molar-refractivity contribution in [2.45, 2.75) is 20.8 Å². The second-order valence-corrected chi connectivity index (χ2v) is 4.54. The molecule has 0 amide bonds. The Balaban J connectivity index is 2.20. The van der Waals surface area contributed by atoms with Gasteiger partial charge in [0.05, 0.1) is 6.33 Å². The summed E-state index contributed by atoms with van der Waals surface area (Å²) in [6.07, 6.45) is 0.722. The molecule has 0 radical (unpaired) electrons. The van der Waals surface area contributed by atoms with Crippen LogP contribution in [0.15, 0.2) is 6.33 Å². The molecule has 2 aromatic rings. The second-order valence-electron chi connectivity index (χ2n) is 4.54. The molecule has 0 saturated carbocycles. The van der Waals surface area contributed by atoms with E-state index in [-0.39, 0.29) is 0 Å². The van der Waals surface area contributed by atoms with Crippen molar-refractivity contribution in [1.82, 2.24) is 19.9 Å². The lowest BCUT2D eigenvalue weighted by molar-refractivity contribution is 0.439. The number of hydrogen-bond donors (Lipinski definition) is 2. The van der Waals surface area contributed by atoms with Crippen LogP contribution in [0.25, 0.3) is 11.2 Å². The molecule has 6 heteroatoms. The maximum atomic E-state index is 13.1. The second kappa shape index (κ2) is 4.65. The molecule has 0 aromatic carbocycles. The summed E-state index contributed by atoms with van der Waals surface area (Å²) < 4.78 is 13.1. The van der Waals surface area contributed by atoms with E-state index in [0.717, 1.165) is 6.54 Å². The molecule has 0 fully saturated rings. The highest BCUT2D eigenvalue weighted by atomic mass is 19.1. The van der Waals surface area contributed by atoms with Gasteiger partial charge in [0.25, 0.3) is 0 Å². The number of imidazole rings is 1. The number of halogens is 1. The molecule has 0 spiro atoms. The fourth-order valence-corrected chi connectivity index (χ4v) is 1.43. The van der Waals surface area contributed by atoms with E-state index in [9.17, 15) is 4.39 Å². The molecule has 0 saturated heterocycles. The molecular weight excluding hydrogens is 221 g/mol. The predicted molar refractivity (Wildman–Crippen MR) is 64.1 cm³/mol. The average Bonchev–Trinajstić information content (AvgIpc) is 2.72. The number of rotatable bonds is 4. The molecule has 92 valence electrons. The van der Waals surface area contributed by atoms with Gasteiger partial charge in [0.1, 0.15) is 5.52 Å². The van der Waals surface area contributed by atoms with Gasteiger partial charge in [-0.2, -0.15) is 14.4 Å². The van der Waals surface area contributed by atoms with Gasteiger partial charge < -0.3 is 10.3 Å². The van der Waals surface area contributed by atoms with E-state index in [2.05, 4.69) is 46.0 Å². The Morgan fingerprint density at radius 2 is 2.12 bits per heavy atom. The molecule has 0 aliphatic heterocycles. The van der Waals surface area contributed by atoms with Crippen LogP contribution >= 0.6 is 0 Å². The molecule has 0 bridgehead atoms. The van der Waals surface area contributed by atoms with Crippen LogP contribution in [0.1, 0.15) is 20.8 Å². The zero-order chi connectivity index (χ0) is 12.4. The SMILES string of the molecule is CC(C)[C@@H](C)CNc1nc(F)nc2nc[nH]c12. The van der Waals surface area contributed by atoms with Crippen LogP contribution in [0.4, 0.5) is 10.2 Å². The molecule has 0 aliphatic carbocycles. The molecule has 2 aromatic heterocycles. The normalized spacial score (nSPS) is 13.2. The van der Waals surface area contributed by atoms with Crippen LogP contribution in [0.2, 0.25) is 0 Å². The lowest BCUT2D eigenvalue weighted by atomic mass is 9.98. The largest absolute Gasteiger partial charge is 0.368 e. The Bertz CT molecular complexity index is 508. The van der Waals surface area contributed by atoms with Gasteiger partial charge in [-0.15, -0.1) is 0 Å². The average molecular weight is 237 g/mol. The van der Waals surface area contributed by atoms with Crippen LogP contribution in [-0.4, -0.2) is 26.5 Å². The van der Waals surface area contributed by atoms with Gasteiger partial charge in [0.15, 0.2) is 11.5 Å². The number of nitrogens with zero attached hydrogens (tertiary/aromatic N) is 3. The highest BCUT2D eigenvalue weighted by Crippen LogP contribution is 2.17. The minimum absolute atomic E-state index is 0.345. The Kier molecular flexibility index (Phi) is 3.21. The van der Waals surface area contributed by atoms with Crippen LogP contribution in [0, 0.1) is 17.9 Å². The fourth-order valence-electron chi connectivity index (χ4n) is 1.43. The Hall–Kier alpha value is -1.72. The van der Waals surface area contributed by atoms with E-state index < -0.39 is 6.08 Å². The number of fused-ring (bicyclic) bond motifs is 1. The van der Waals surface area contributed by atoms with Crippen molar-refractivity contribution in [3.8, 4) is 0 Å². The van der Waals surface area contributed by atoms with E-state index in [0.29, 0.717) is 28.8 Å². The number of nitrogens with one attached hydrogen (secondary N) is 2. The highest BCUT2D eigenvalue weighted by molar-refractivity contribution is 5.81. The first kappa shape index (κ1) is 11.8. The monoisotopic (exact) mass is 237 g/mol. The number of aromatic amines is 1. The van der Waals surface area contributed by atoms with E-state index >= 15 is 0 Å². The maximum Gasteiger partial charge on any atom is 0.312 e. The van der Waals surface area contributed by atoms with Crippen molar-refractivity contribution in [1.29, 1.82) is 0 Å². The van der Waals surface area contributed by atoms with E-state index in [1.807, 2.05) is 0 Å². The van der Waals surface area contributed by atoms with Gasteiger partial charge in [0.2, 0.25) is 0 Å². The number of H-pyrrole nitrogens is 1. The summed E-state index contributed by atoms with van der Waals surface area (Å²) >= 11 is 0. The molecule has 5 nitrogen and oxygen atoms in total. The smallest absolute Gasteiger partial charge is 0.312 e. The summed E-state index contributed by atoms with van der Waals surface area (Å²) in [5.41, 5.74) is 0.986. The predicted octanol–water partition coefficient (Wildman–Crippen LogP) is 2.20. The van der Waals surface area contributed by atoms with Crippen molar-refractivity contribution in [3.63, 3.8) is 0 Å². The van der Waals surface area contributed by atoms with Crippen LogP contribution in [0.5, 0.6) is 0 Å². The standard InChI is InChI=1S/C11H16FN5/c1-6(2)7(3)4-13-9-8-10(15-5-14-8)17-11(12)16-9/h5-7H,4H2,1-3H3,(H2,13,14,15,16,17)/t7-/m0/s1. The molecule has 1 atom stereocenters. The minimum Gasteiger partial charge on any atom is -0.368 e. The van der Waals surface area contributed by atoms with Gasteiger partial charge in [0, 0.05) is 6.54 Å². The van der Waals surface area contributed by atoms with Gasteiger partial charge >= 0.3 is 6.08 Å². The summed E-state index contributed by atoms with van der Waals surface area (Å²) in [6.45, 7) is 7.18. The Morgan fingerprint density at radius 1 is 1.35 bits per heavy atom. The highest BCUT2D eigenvalue weighted by Gasteiger charge is 2.12. The van der Waals surface area contributed by atoms with Gasteiger partial charge in [-0.3, -0.25) is 0 Å². The van der Waals surface area contributed by atoms with Crippen molar-refractivity contribution in [2.24, 2.45) is 11.8 Å². The molecule has 0 aliphatic rings. The van der Waals surface area contributed by atoms with E-state index in [4.69, 9.17) is 0 Å². The summed E-state index contributed by atoms with van der Waals surface area (Å²) in [4.78, 5) is 14.2. The summed E-state index contributed by atoms with van der Waals surface area (Å²) in [5.74, 6) is 1.51. The molecule has 2 heterocycles. The quantitative estimate of drug-likeness (QED) is 0.800. The number of aromatic nitrogens is 4. The minimum atomic E-state index is -0.760. The van der Waals surface area contributed by atoms with Gasteiger partial charge in [-0.1, -0.05) is 20.8 Å². The van der Waals surface area contributed by atoms with Gasteiger partial charge in [-0.25, -0.2) is 4.98 Å². The van der Waals surface area contributed by atoms with Crippen LogP contribution in [0.3, 0.4) is 0 Å². The summed E-state index contributed by atoms with van der Waals surface area (Å²) in [6, 6.07) is 0. The first-order chi connectivity index (χ1) is 8.08. The maximum absolute atomic E-state index is 13.1. The zero-order valence-corrected chi connectivity index (χ0v) is 10.2. The number of hydrogen-bond acceptors (Lipinski definition) is 4. The summed E-state index contributed by atoms with van der Waals surface area (Å²) in [5, 5.41) is 3.13. The third-order valence-electron chi connectivity index (χ3n) is 2.99. The van der Waals surface area contributed by atoms with Crippen molar-refractivity contribution >= 4 is 17.0 Å². The molecule has 0 unspecified atom stereocenters. The molecule has 2 N–H and O–H groups in total. The number of anilines is 1. The van der Waals surface area contributed by atoms with Crippen molar-refractivity contribution in [3.05, 3.63) is 12.4 Å². The Labute approximate surface area is 98.9 Å². The Morgan fingerprint density at radius 3 is 2.82 bits per heavy atom. The van der Waals surface area contributed by atoms with Crippen molar-refractivity contribution < 1.29 is 4.39 Å². The van der Waals surface area contributed by atoms with Crippen LogP contribution in [-0.2, 0) is 0 Å². The first-order valence-corrected chi connectivity index (χ1v) is 5.68. The lowest BCUT2D eigenvalue weighted by Crippen LogP contribution is -2.17. The first-order valence-electron chi connectivity index (χ1n) is 5.68. The molecule has 17 heavy (non-hydrogen) atoms. The van der Waals surface area contributed by atoms with Gasteiger partial charge in [-0.05, 0) is 11.8 Å². The van der Waals surface area contributed by atoms with E-state index in [1.165, 1.54) is 6.33 Å². The molecular formula is C11H16FN5. The topological polar surface area (TPSA) is 66.5 Å². The lowest BCUT2D eigenvalue weighted by Gasteiger charge is -2.16. The van der Waals surface area contributed by atoms with Crippen molar-refractivity contribution in [2.75, 3.05) is 11.9 Å². The third-order valence-corrected chi connectivity index (χ3v) is 2.99. The zero-order valence-electron chi connectivity index (χ0n) is 10.2. The third kappa shape index (κ3) is 2.51. The van der Waals surface area contributed by atoms with E-state index in [1.54, 1.807) is 0 Å². The van der Waals surface area contributed by atoms with Crippen LogP contribution < -0.4 is 5.32 Å². The summed E-state index contributed by atoms with van der Waals surface area (Å²) in [7, 11) is 0. The fraction of sp³-hybridized carbons (Fsp3) is 0.545. The molecule has 2 rings (SSSR count).